The fourth-order valence-corrected chi connectivity index (χ4v) is 3.45. The molecule has 0 saturated carbocycles. The molecule has 0 atom stereocenters. The molecule has 0 fully saturated rings. The molecular formula is C17H10OS. The van der Waals surface area contributed by atoms with E-state index in [0.717, 1.165) is 32.3 Å². The van der Waals surface area contributed by atoms with Crippen LogP contribution in [0.1, 0.15) is 15.9 Å². The van der Waals surface area contributed by atoms with Crippen LogP contribution in [0.3, 0.4) is 0 Å². The van der Waals surface area contributed by atoms with Crippen LogP contribution in [-0.2, 0) is 0 Å². The molecule has 2 aromatic carbocycles. The Labute approximate surface area is 114 Å². The van der Waals surface area contributed by atoms with Crippen LogP contribution in [-0.4, -0.2) is 5.78 Å². The molecule has 3 aromatic rings. The van der Waals surface area contributed by atoms with Crippen molar-refractivity contribution < 1.29 is 4.79 Å². The van der Waals surface area contributed by atoms with E-state index in [1.165, 1.54) is 0 Å². The van der Waals surface area contributed by atoms with E-state index in [0.29, 0.717) is 0 Å². The van der Waals surface area contributed by atoms with Gasteiger partial charge in [-0.1, -0.05) is 42.5 Å². The molecule has 0 amide bonds. The molecule has 1 nitrogen and oxygen atoms in total. The average Bonchev–Trinajstić information content (AvgIpc) is 2.97. The maximum absolute atomic E-state index is 12.3. The van der Waals surface area contributed by atoms with Gasteiger partial charge in [0.05, 0.1) is 0 Å². The largest absolute Gasteiger partial charge is 0.289 e. The molecule has 2 heteroatoms. The highest BCUT2D eigenvalue weighted by atomic mass is 32.1. The van der Waals surface area contributed by atoms with Gasteiger partial charge in [0.1, 0.15) is 0 Å². The summed E-state index contributed by atoms with van der Waals surface area (Å²) < 4.78 is 0. The van der Waals surface area contributed by atoms with Gasteiger partial charge < -0.3 is 0 Å². The van der Waals surface area contributed by atoms with E-state index in [9.17, 15) is 4.79 Å². The van der Waals surface area contributed by atoms with Crippen LogP contribution in [0.25, 0.3) is 27.3 Å². The van der Waals surface area contributed by atoms with Gasteiger partial charge in [0, 0.05) is 21.4 Å². The molecule has 1 aromatic heterocycles. The highest BCUT2D eigenvalue weighted by Crippen LogP contribution is 2.37. The Bertz CT molecular complexity index is 826. The van der Waals surface area contributed by atoms with Crippen LogP contribution in [0, 0.1) is 0 Å². The van der Waals surface area contributed by atoms with Crippen LogP contribution in [0.15, 0.2) is 53.9 Å². The molecule has 0 N–H and O–H groups in total. The van der Waals surface area contributed by atoms with E-state index in [2.05, 4.69) is 30.3 Å². The van der Waals surface area contributed by atoms with Gasteiger partial charge in [0.25, 0.3) is 0 Å². The van der Waals surface area contributed by atoms with Gasteiger partial charge in [0.2, 0.25) is 0 Å². The lowest BCUT2D eigenvalue weighted by Gasteiger charge is -2.15. The second-order valence-corrected chi connectivity index (χ2v) is 5.56. The summed E-state index contributed by atoms with van der Waals surface area (Å²) in [6, 6.07) is 14.4. The SMILES string of the molecule is O=C1C=Cc2cccc3ccc(-c4cccs4)c1c23. The van der Waals surface area contributed by atoms with Crippen LogP contribution >= 0.6 is 11.3 Å². The molecule has 0 radical (unpaired) electrons. The second kappa shape index (κ2) is 3.90. The van der Waals surface area contributed by atoms with Crippen molar-refractivity contribution in [2.45, 2.75) is 0 Å². The van der Waals surface area contributed by atoms with Crippen molar-refractivity contribution in [2.24, 2.45) is 0 Å². The first-order valence-electron chi connectivity index (χ1n) is 6.16. The van der Waals surface area contributed by atoms with Crippen molar-refractivity contribution in [1.29, 1.82) is 0 Å². The number of hydrogen-bond donors (Lipinski definition) is 0. The smallest absolute Gasteiger partial charge is 0.187 e. The molecule has 19 heavy (non-hydrogen) atoms. The molecular weight excluding hydrogens is 252 g/mol. The Balaban J connectivity index is 2.18. The minimum Gasteiger partial charge on any atom is -0.289 e. The highest BCUT2D eigenvalue weighted by molar-refractivity contribution is 7.13. The molecule has 90 valence electrons. The van der Waals surface area contributed by atoms with Crippen molar-refractivity contribution in [2.75, 3.05) is 0 Å². The van der Waals surface area contributed by atoms with E-state index in [4.69, 9.17) is 0 Å². The van der Waals surface area contributed by atoms with Gasteiger partial charge in [-0.15, -0.1) is 11.3 Å². The molecule has 0 aliphatic heterocycles. The van der Waals surface area contributed by atoms with Crippen molar-refractivity contribution >= 4 is 34.0 Å². The molecule has 0 unspecified atom stereocenters. The molecule has 1 aliphatic carbocycles. The first-order chi connectivity index (χ1) is 9.34. The van der Waals surface area contributed by atoms with Crippen LogP contribution in [0.5, 0.6) is 0 Å². The summed E-state index contributed by atoms with van der Waals surface area (Å²) in [5, 5.41) is 4.26. The van der Waals surface area contributed by atoms with E-state index < -0.39 is 0 Å². The van der Waals surface area contributed by atoms with Gasteiger partial charge in [0.15, 0.2) is 5.78 Å². The monoisotopic (exact) mass is 262 g/mol. The lowest BCUT2D eigenvalue weighted by molar-refractivity contribution is 0.104. The third kappa shape index (κ3) is 1.50. The normalized spacial score (nSPS) is 13.2. The number of allylic oxidation sites excluding steroid dienone is 1. The third-order valence-electron chi connectivity index (χ3n) is 3.53. The minimum atomic E-state index is 0.104. The Morgan fingerprint density at radius 1 is 0.895 bits per heavy atom. The maximum Gasteiger partial charge on any atom is 0.187 e. The maximum atomic E-state index is 12.3. The molecule has 0 bridgehead atoms. The Morgan fingerprint density at radius 2 is 1.84 bits per heavy atom. The number of carbonyl (C=O) groups is 1. The van der Waals surface area contributed by atoms with Crippen LogP contribution in [0.4, 0.5) is 0 Å². The molecule has 4 rings (SSSR count). The average molecular weight is 262 g/mol. The topological polar surface area (TPSA) is 17.1 Å². The van der Waals surface area contributed by atoms with Crippen molar-refractivity contribution in [3.05, 3.63) is 65.0 Å². The molecule has 0 spiro atoms. The van der Waals surface area contributed by atoms with Crippen LogP contribution < -0.4 is 0 Å². The summed E-state index contributed by atoms with van der Waals surface area (Å²) in [7, 11) is 0. The molecule has 0 saturated heterocycles. The van der Waals surface area contributed by atoms with Gasteiger partial charge in [-0.2, -0.15) is 0 Å². The summed E-state index contributed by atoms with van der Waals surface area (Å²) in [4.78, 5) is 13.5. The summed E-state index contributed by atoms with van der Waals surface area (Å²) >= 11 is 1.67. The predicted octanol–water partition coefficient (Wildman–Crippen LogP) is 4.78. The zero-order valence-corrected chi connectivity index (χ0v) is 10.9. The number of benzene rings is 2. The Morgan fingerprint density at radius 3 is 2.68 bits per heavy atom. The van der Waals surface area contributed by atoms with E-state index in [1.807, 2.05) is 23.6 Å². The van der Waals surface area contributed by atoms with Gasteiger partial charge in [-0.3, -0.25) is 4.79 Å². The fourth-order valence-electron chi connectivity index (χ4n) is 2.69. The van der Waals surface area contributed by atoms with Crippen molar-refractivity contribution in [3.8, 4) is 10.4 Å². The lowest BCUT2D eigenvalue weighted by atomic mass is 9.88. The zero-order chi connectivity index (χ0) is 12.8. The Hall–Kier alpha value is -2.19. The van der Waals surface area contributed by atoms with Crippen LogP contribution in [0.2, 0.25) is 0 Å². The van der Waals surface area contributed by atoms with E-state index in [1.54, 1.807) is 17.4 Å². The first kappa shape index (κ1) is 10.7. The van der Waals surface area contributed by atoms with Gasteiger partial charge in [-0.25, -0.2) is 0 Å². The number of carbonyl (C=O) groups excluding carboxylic acids is 1. The second-order valence-electron chi connectivity index (χ2n) is 4.61. The van der Waals surface area contributed by atoms with E-state index in [-0.39, 0.29) is 5.78 Å². The number of thiophene rings is 1. The summed E-state index contributed by atoms with van der Waals surface area (Å²) in [6.07, 6.45) is 3.59. The fraction of sp³-hybridized carbons (Fsp3) is 0. The number of ketones is 1. The Kier molecular flexibility index (Phi) is 2.20. The van der Waals surface area contributed by atoms with Gasteiger partial charge >= 0.3 is 0 Å². The van der Waals surface area contributed by atoms with Crippen molar-refractivity contribution in [3.63, 3.8) is 0 Å². The lowest BCUT2D eigenvalue weighted by Crippen LogP contribution is -2.03. The molecule has 1 aliphatic rings. The minimum absolute atomic E-state index is 0.104. The highest BCUT2D eigenvalue weighted by Gasteiger charge is 2.19. The van der Waals surface area contributed by atoms with E-state index >= 15 is 0 Å². The molecule has 1 heterocycles. The quantitative estimate of drug-likeness (QED) is 0.617. The zero-order valence-electron chi connectivity index (χ0n) is 10.1. The van der Waals surface area contributed by atoms with Gasteiger partial charge in [-0.05, 0) is 28.5 Å². The third-order valence-corrected chi connectivity index (χ3v) is 4.43. The first-order valence-corrected chi connectivity index (χ1v) is 7.04. The summed E-state index contributed by atoms with van der Waals surface area (Å²) in [5.41, 5.74) is 3.02. The predicted molar refractivity (Wildman–Crippen MR) is 80.6 cm³/mol. The summed E-state index contributed by atoms with van der Waals surface area (Å²) in [5.74, 6) is 0.104. The standard InChI is InChI=1S/C17H10OS/c18-14-9-7-12-4-1-3-11-6-8-13(17(14)16(11)12)15-5-2-10-19-15/h1-10H. The summed E-state index contributed by atoms with van der Waals surface area (Å²) in [6.45, 7) is 0. The number of rotatable bonds is 1. The van der Waals surface area contributed by atoms with Crippen molar-refractivity contribution in [1.82, 2.24) is 0 Å². The number of hydrogen-bond acceptors (Lipinski definition) is 2.